The molecule has 0 fully saturated rings. The van der Waals surface area contributed by atoms with Crippen LogP contribution in [0, 0.1) is 11.6 Å². The number of nitrogens with zero attached hydrogens (tertiary/aromatic N) is 2. The molecular weight excluding hydrogens is 464 g/mol. The van der Waals surface area contributed by atoms with Crippen LogP contribution in [0.25, 0.3) is 0 Å². The van der Waals surface area contributed by atoms with E-state index in [0.29, 0.717) is 24.1 Å². The molecule has 1 aliphatic rings. The van der Waals surface area contributed by atoms with Gasteiger partial charge in [-0.2, -0.15) is 0 Å². The molecular formula is C24H23F2N3O4S. The Kier molecular flexibility index (Phi) is 7.16. The van der Waals surface area contributed by atoms with E-state index in [4.69, 9.17) is 5.11 Å². The van der Waals surface area contributed by atoms with E-state index in [1.54, 1.807) is 6.07 Å². The number of hydrogen-bond acceptors (Lipinski definition) is 5. The van der Waals surface area contributed by atoms with E-state index >= 15 is 0 Å². The third kappa shape index (κ3) is 5.39. The second-order valence-electron chi connectivity index (χ2n) is 8.25. The number of carbonyl (C=O) groups is 2. The Morgan fingerprint density at radius 1 is 1.09 bits per heavy atom. The van der Waals surface area contributed by atoms with Gasteiger partial charge in [0.2, 0.25) is 0 Å². The quantitative estimate of drug-likeness (QED) is 0.544. The number of benzene rings is 1. The number of hydrogen-bond donors (Lipinski definition) is 2. The van der Waals surface area contributed by atoms with E-state index in [1.165, 1.54) is 16.0 Å². The second-order valence-corrected chi connectivity index (χ2v) is 9.11. The number of fused-ring (bicyclic) bond motifs is 1. The van der Waals surface area contributed by atoms with E-state index < -0.39 is 29.1 Å². The lowest BCUT2D eigenvalue weighted by Gasteiger charge is -2.21. The van der Waals surface area contributed by atoms with Crippen LogP contribution in [-0.2, 0) is 30.6 Å². The van der Waals surface area contributed by atoms with Crippen LogP contribution in [0.5, 0.6) is 0 Å². The third-order valence-corrected chi connectivity index (χ3v) is 6.58. The first-order chi connectivity index (χ1) is 16.3. The Hall–Kier alpha value is -3.40. The molecule has 34 heavy (non-hydrogen) atoms. The van der Waals surface area contributed by atoms with Crippen LogP contribution in [0.3, 0.4) is 0 Å². The zero-order chi connectivity index (χ0) is 24.2. The number of halogens is 2. The minimum absolute atomic E-state index is 0.0134. The molecule has 1 aromatic carbocycles. The molecule has 3 aromatic rings. The number of aromatic nitrogens is 2. The van der Waals surface area contributed by atoms with Crippen LogP contribution in [0.2, 0.25) is 0 Å². The van der Waals surface area contributed by atoms with Crippen LogP contribution >= 0.6 is 11.3 Å². The number of anilines is 1. The molecule has 0 radical (unpaired) electrons. The highest BCUT2D eigenvalue weighted by molar-refractivity contribution is 7.14. The van der Waals surface area contributed by atoms with Crippen molar-refractivity contribution in [2.24, 2.45) is 0 Å². The Morgan fingerprint density at radius 3 is 2.59 bits per heavy atom. The number of nitrogens with one attached hydrogen (secondary N) is 1. The average Bonchev–Trinajstić information content (AvgIpc) is 3.19. The van der Waals surface area contributed by atoms with E-state index in [1.807, 2.05) is 0 Å². The first-order valence-electron chi connectivity index (χ1n) is 11.0. The number of pyridine rings is 1. The number of carboxylic acids is 1. The topological polar surface area (TPSA) is 101 Å². The van der Waals surface area contributed by atoms with Gasteiger partial charge in [-0.25, -0.2) is 13.8 Å². The number of amides is 1. The molecule has 2 N–H and O–H groups in total. The predicted octanol–water partition coefficient (Wildman–Crippen LogP) is 4.17. The third-order valence-electron chi connectivity index (χ3n) is 5.77. The summed E-state index contributed by atoms with van der Waals surface area (Å²) in [4.78, 5) is 41.4. The zero-order valence-corrected chi connectivity index (χ0v) is 19.1. The van der Waals surface area contributed by atoms with Crippen molar-refractivity contribution in [1.29, 1.82) is 0 Å². The van der Waals surface area contributed by atoms with Crippen LogP contribution < -0.4 is 10.9 Å². The maximum atomic E-state index is 13.8. The summed E-state index contributed by atoms with van der Waals surface area (Å²) in [5, 5.41) is 13.2. The lowest BCUT2D eigenvalue weighted by Crippen LogP contribution is -2.33. The van der Waals surface area contributed by atoms with Gasteiger partial charge in [0.25, 0.3) is 11.5 Å². The lowest BCUT2D eigenvalue weighted by atomic mass is 9.95. The van der Waals surface area contributed by atoms with E-state index in [2.05, 4.69) is 10.3 Å². The molecule has 7 nitrogen and oxygen atoms in total. The Bertz CT molecular complexity index is 1300. The van der Waals surface area contributed by atoms with Gasteiger partial charge in [0, 0.05) is 11.1 Å². The molecule has 2 heterocycles. The van der Waals surface area contributed by atoms with Crippen molar-refractivity contribution in [3.8, 4) is 0 Å². The van der Waals surface area contributed by atoms with E-state index in [9.17, 15) is 23.2 Å². The van der Waals surface area contributed by atoms with Gasteiger partial charge in [-0.15, -0.1) is 11.3 Å². The van der Waals surface area contributed by atoms with Crippen molar-refractivity contribution >= 4 is 28.3 Å². The van der Waals surface area contributed by atoms with Crippen LogP contribution in [0.15, 0.2) is 34.4 Å². The molecule has 0 spiro atoms. The Morgan fingerprint density at radius 2 is 1.85 bits per heavy atom. The number of carboxylic acid groups (broad SMARTS) is 1. The average molecular weight is 488 g/mol. The molecule has 178 valence electrons. The molecule has 4 rings (SSSR count). The summed E-state index contributed by atoms with van der Waals surface area (Å²) in [6.45, 7) is 0.0134. The highest BCUT2D eigenvalue weighted by Gasteiger charge is 2.21. The highest BCUT2D eigenvalue weighted by Crippen LogP contribution is 2.22. The molecule has 0 unspecified atom stereocenters. The summed E-state index contributed by atoms with van der Waals surface area (Å²) in [5.74, 6) is -3.65. The van der Waals surface area contributed by atoms with Gasteiger partial charge in [-0.05, 0) is 55.0 Å². The fourth-order valence-corrected chi connectivity index (χ4v) is 4.85. The summed E-state index contributed by atoms with van der Waals surface area (Å²) in [7, 11) is 0. The van der Waals surface area contributed by atoms with Crippen molar-refractivity contribution in [2.45, 2.75) is 51.5 Å². The maximum absolute atomic E-state index is 13.8. The zero-order valence-electron chi connectivity index (χ0n) is 18.3. The SMILES string of the molecule is O=C(O)Cc1csc(NC(=O)c2cc3c(n(Cc4ccc(F)c(F)c4)c2=O)CCCCCC3)n1. The number of rotatable bonds is 6. The van der Waals surface area contributed by atoms with Gasteiger partial charge in [0.1, 0.15) is 5.56 Å². The fraction of sp³-hybridized carbons (Fsp3) is 0.333. The number of carbonyl (C=O) groups excluding carboxylic acids is 1. The predicted molar refractivity (Wildman–Crippen MR) is 123 cm³/mol. The number of aryl methyl sites for hydroxylation is 1. The molecule has 1 amide bonds. The Balaban J connectivity index is 1.71. The van der Waals surface area contributed by atoms with Gasteiger partial charge in [0.05, 0.1) is 18.7 Å². The molecule has 0 bridgehead atoms. The van der Waals surface area contributed by atoms with Crippen molar-refractivity contribution in [1.82, 2.24) is 9.55 Å². The van der Waals surface area contributed by atoms with Crippen LogP contribution in [0.4, 0.5) is 13.9 Å². The van der Waals surface area contributed by atoms with Crippen molar-refractivity contribution in [2.75, 3.05) is 5.32 Å². The molecule has 2 aromatic heterocycles. The van der Waals surface area contributed by atoms with Crippen molar-refractivity contribution in [3.63, 3.8) is 0 Å². The first kappa shape index (κ1) is 23.7. The fourth-order valence-electron chi connectivity index (χ4n) is 4.15. The highest BCUT2D eigenvalue weighted by atomic mass is 32.1. The van der Waals surface area contributed by atoms with Gasteiger partial charge in [-0.3, -0.25) is 19.7 Å². The van der Waals surface area contributed by atoms with Gasteiger partial charge >= 0.3 is 5.97 Å². The monoisotopic (exact) mass is 487 g/mol. The van der Waals surface area contributed by atoms with Gasteiger partial charge in [-0.1, -0.05) is 18.9 Å². The Labute approximate surface area is 198 Å². The molecule has 1 aliphatic carbocycles. The summed E-state index contributed by atoms with van der Waals surface area (Å²) in [6, 6.07) is 5.12. The molecule has 0 saturated carbocycles. The maximum Gasteiger partial charge on any atom is 0.309 e. The summed E-state index contributed by atoms with van der Waals surface area (Å²) >= 11 is 1.07. The van der Waals surface area contributed by atoms with Gasteiger partial charge < -0.3 is 9.67 Å². The van der Waals surface area contributed by atoms with Gasteiger partial charge in [0.15, 0.2) is 16.8 Å². The summed E-state index contributed by atoms with van der Waals surface area (Å²) in [6.07, 6.45) is 4.98. The molecule has 0 atom stereocenters. The largest absolute Gasteiger partial charge is 0.481 e. The molecule has 10 heteroatoms. The first-order valence-corrected chi connectivity index (χ1v) is 11.9. The van der Waals surface area contributed by atoms with Crippen LogP contribution in [-0.4, -0.2) is 26.5 Å². The minimum atomic E-state index is -1.04. The summed E-state index contributed by atoms with van der Waals surface area (Å²) in [5.41, 5.74) is 1.82. The lowest BCUT2D eigenvalue weighted by molar-refractivity contribution is -0.136. The normalized spacial score (nSPS) is 13.6. The minimum Gasteiger partial charge on any atom is -0.481 e. The van der Waals surface area contributed by atoms with Crippen LogP contribution in [0.1, 0.15) is 58.6 Å². The van der Waals surface area contributed by atoms with Crippen molar-refractivity contribution in [3.05, 3.63) is 79.7 Å². The second kappa shape index (κ2) is 10.3. The van der Waals surface area contributed by atoms with Crippen molar-refractivity contribution < 1.29 is 23.5 Å². The smallest absolute Gasteiger partial charge is 0.309 e. The standard InChI is InChI=1S/C24H23F2N3O4S/c25-18-8-7-14(9-19(18)26)12-29-20-6-4-2-1-3-5-15(20)10-17(23(29)33)22(32)28-24-27-16(13-34-24)11-21(30)31/h7-10,13H,1-6,11-12H2,(H,30,31)(H,27,28,32). The summed E-state index contributed by atoms with van der Waals surface area (Å²) < 4.78 is 28.7. The number of thiazole rings is 1. The molecule has 0 aliphatic heterocycles. The number of aliphatic carboxylic acids is 1. The van der Waals surface area contributed by atoms with E-state index in [0.717, 1.165) is 60.4 Å². The van der Waals surface area contributed by atoms with E-state index in [-0.39, 0.29) is 23.7 Å². The molecule has 0 saturated heterocycles.